The number of Topliss-reactive ketones (excluding diaryl/α,β-unsaturated/α-hetero) is 1. The lowest BCUT2D eigenvalue weighted by molar-refractivity contribution is -0.0836. The minimum Gasteiger partial charge on any atom is -0.375 e. The van der Waals surface area contributed by atoms with Crippen LogP contribution < -0.4 is 0 Å². The van der Waals surface area contributed by atoms with Gasteiger partial charge in [0.15, 0.2) is 5.78 Å². The number of carbonyl (C=O) groups is 1. The molecule has 1 atom stereocenters. The third-order valence-corrected chi connectivity index (χ3v) is 5.11. The highest BCUT2D eigenvalue weighted by Gasteiger charge is 2.35. The number of ketones is 1. The molecule has 3 heteroatoms. The Morgan fingerprint density at radius 2 is 2.25 bits per heavy atom. The van der Waals surface area contributed by atoms with Crippen molar-refractivity contribution in [1.82, 2.24) is 0 Å². The Balaban J connectivity index is 1.93. The molecule has 112 valence electrons. The van der Waals surface area contributed by atoms with Crippen LogP contribution in [0, 0.1) is 0 Å². The summed E-state index contributed by atoms with van der Waals surface area (Å²) in [7, 11) is 0. The van der Waals surface area contributed by atoms with Gasteiger partial charge in [-0.2, -0.15) is 0 Å². The summed E-state index contributed by atoms with van der Waals surface area (Å²) in [5.41, 5.74) is -0.174. The molecule has 0 N–H and O–H groups in total. The predicted octanol–water partition coefficient (Wildman–Crippen LogP) is 5.23. The summed E-state index contributed by atoms with van der Waals surface area (Å²) >= 11 is 1.55. The average molecular weight is 294 g/mol. The van der Waals surface area contributed by atoms with Crippen LogP contribution in [0.1, 0.15) is 74.4 Å². The van der Waals surface area contributed by atoms with E-state index in [-0.39, 0.29) is 11.4 Å². The molecule has 1 aliphatic rings. The number of rotatable bonds is 8. The minimum absolute atomic E-state index is 0.174. The van der Waals surface area contributed by atoms with Gasteiger partial charge in [-0.3, -0.25) is 4.79 Å². The van der Waals surface area contributed by atoms with Crippen molar-refractivity contribution in [2.75, 3.05) is 6.61 Å². The van der Waals surface area contributed by atoms with Crippen LogP contribution in [0.3, 0.4) is 0 Å². The smallest absolute Gasteiger partial charge is 0.175 e. The second kappa shape index (κ2) is 7.94. The van der Waals surface area contributed by atoms with Crippen LogP contribution in [0.5, 0.6) is 0 Å². The van der Waals surface area contributed by atoms with Gasteiger partial charge < -0.3 is 4.74 Å². The molecule has 0 radical (unpaired) electrons. The molecule has 1 saturated heterocycles. The van der Waals surface area contributed by atoms with Crippen molar-refractivity contribution >= 4 is 17.1 Å². The number of hydrogen-bond acceptors (Lipinski definition) is 3. The van der Waals surface area contributed by atoms with Crippen molar-refractivity contribution in [3.05, 3.63) is 22.4 Å². The van der Waals surface area contributed by atoms with Gasteiger partial charge in [0.05, 0.1) is 10.5 Å². The van der Waals surface area contributed by atoms with Gasteiger partial charge in [0.25, 0.3) is 0 Å². The molecule has 20 heavy (non-hydrogen) atoms. The summed E-state index contributed by atoms with van der Waals surface area (Å²) in [6.07, 6.45) is 9.99. The summed E-state index contributed by atoms with van der Waals surface area (Å²) in [6.45, 7) is 3.05. The first-order valence-corrected chi connectivity index (χ1v) is 8.84. The zero-order valence-corrected chi connectivity index (χ0v) is 13.3. The van der Waals surface area contributed by atoms with E-state index in [1.807, 2.05) is 17.5 Å². The monoisotopic (exact) mass is 294 g/mol. The molecule has 0 spiro atoms. The second-order valence-corrected chi connectivity index (χ2v) is 6.82. The molecule has 0 aromatic carbocycles. The highest BCUT2D eigenvalue weighted by Crippen LogP contribution is 2.35. The van der Waals surface area contributed by atoms with E-state index in [2.05, 4.69) is 6.92 Å². The third-order valence-electron chi connectivity index (χ3n) is 4.20. The van der Waals surface area contributed by atoms with E-state index in [0.29, 0.717) is 6.42 Å². The van der Waals surface area contributed by atoms with Gasteiger partial charge in [-0.05, 0) is 37.1 Å². The van der Waals surface area contributed by atoms with Crippen LogP contribution in [0.15, 0.2) is 17.5 Å². The highest BCUT2D eigenvalue weighted by atomic mass is 32.1. The van der Waals surface area contributed by atoms with Gasteiger partial charge in [-0.1, -0.05) is 38.7 Å². The normalized spacial score (nSPS) is 22.9. The van der Waals surface area contributed by atoms with Crippen LogP contribution in [-0.2, 0) is 4.74 Å². The lowest BCUT2D eigenvalue weighted by atomic mass is 9.83. The van der Waals surface area contributed by atoms with E-state index in [4.69, 9.17) is 4.74 Å². The molecule has 0 amide bonds. The average Bonchev–Trinajstić information content (AvgIpc) is 2.99. The van der Waals surface area contributed by atoms with Crippen molar-refractivity contribution in [3.63, 3.8) is 0 Å². The van der Waals surface area contributed by atoms with Crippen molar-refractivity contribution < 1.29 is 9.53 Å². The number of ether oxygens (including phenoxy) is 1. The molecule has 0 bridgehead atoms. The largest absolute Gasteiger partial charge is 0.375 e. The van der Waals surface area contributed by atoms with Crippen LogP contribution in [0.2, 0.25) is 0 Å². The standard InChI is InChI=1S/C17H26O2S/c1-2-3-4-5-10-17(11-6-7-12-19-17)14-15(18)16-9-8-13-20-16/h8-9,13H,2-7,10-12,14H2,1H3. The lowest BCUT2D eigenvalue weighted by Gasteiger charge is -2.37. The molecule has 2 rings (SSSR count). The molecule has 2 heterocycles. The van der Waals surface area contributed by atoms with E-state index in [1.54, 1.807) is 11.3 Å². The van der Waals surface area contributed by atoms with E-state index in [0.717, 1.165) is 30.7 Å². The Bertz CT molecular complexity index is 391. The Labute approximate surface area is 126 Å². The van der Waals surface area contributed by atoms with Gasteiger partial charge in [0.1, 0.15) is 0 Å². The molecular formula is C17H26O2S. The SMILES string of the molecule is CCCCCCC1(CC(=O)c2cccs2)CCCCO1. The highest BCUT2D eigenvalue weighted by molar-refractivity contribution is 7.12. The first-order chi connectivity index (χ1) is 9.76. The maximum atomic E-state index is 12.4. The molecule has 1 unspecified atom stereocenters. The Kier molecular flexibility index (Phi) is 6.24. The first-order valence-electron chi connectivity index (χ1n) is 7.96. The fourth-order valence-electron chi connectivity index (χ4n) is 3.03. The zero-order chi connectivity index (χ0) is 14.3. The molecule has 1 aromatic heterocycles. The molecule has 0 saturated carbocycles. The van der Waals surface area contributed by atoms with E-state index < -0.39 is 0 Å². The van der Waals surface area contributed by atoms with Crippen molar-refractivity contribution in [2.45, 2.75) is 70.3 Å². The molecule has 1 aromatic rings. The van der Waals surface area contributed by atoms with Crippen molar-refractivity contribution in [2.24, 2.45) is 0 Å². The molecule has 2 nitrogen and oxygen atoms in total. The quantitative estimate of drug-likeness (QED) is 0.484. The minimum atomic E-state index is -0.174. The van der Waals surface area contributed by atoms with Gasteiger partial charge in [-0.25, -0.2) is 0 Å². The fourth-order valence-corrected chi connectivity index (χ4v) is 3.69. The summed E-state index contributed by atoms with van der Waals surface area (Å²) in [4.78, 5) is 13.3. The van der Waals surface area contributed by atoms with Crippen LogP contribution in [0.4, 0.5) is 0 Å². The number of hydrogen-bond donors (Lipinski definition) is 0. The van der Waals surface area contributed by atoms with Gasteiger partial charge in [0, 0.05) is 13.0 Å². The van der Waals surface area contributed by atoms with Crippen LogP contribution in [-0.4, -0.2) is 18.0 Å². The first kappa shape index (κ1) is 15.7. The fraction of sp³-hybridized carbons (Fsp3) is 0.706. The van der Waals surface area contributed by atoms with E-state index >= 15 is 0 Å². The van der Waals surface area contributed by atoms with Gasteiger partial charge >= 0.3 is 0 Å². The summed E-state index contributed by atoms with van der Waals surface area (Å²) in [5, 5.41) is 1.98. The Morgan fingerprint density at radius 3 is 2.90 bits per heavy atom. The second-order valence-electron chi connectivity index (χ2n) is 5.88. The summed E-state index contributed by atoms with van der Waals surface area (Å²) in [5.74, 6) is 0.261. The van der Waals surface area contributed by atoms with Crippen molar-refractivity contribution in [1.29, 1.82) is 0 Å². The van der Waals surface area contributed by atoms with E-state index in [1.165, 1.54) is 32.1 Å². The topological polar surface area (TPSA) is 26.3 Å². The van der Waals surface area contributed by atoms with Gasteiger partial charge in [-0.15, -0.1) is 11.3 Å². The maximum Gasteiger partial charge on any atom is 0.175 e. The van der Waals surface area contributed by atoms with Gasteiger partial charge in [0.2, 0.25) is 0 Å². The third kappa shape index (κ3) is 4.42. The number of carbonyl (C=O) groups excluding carboxylic acids is 1. The summed E-state index contributed by atoms with van der Waals surface area (Å²) < 4.78 is 6.10. The number of unbranched alkanes of at least 4 members (excludes halogenated alkanes) is 3. The Hall–Kier alpha value is -0.670. The number of thiophene rings is 1. The van der Waals surface area contributed by atoms with E-state index in [9.17, 15) is 4.79 Å². The summed E-state index contributed by atoms with van der Waals surface area (Å²) in [6, 6.07) is 3.88. The molecule has 1 fully saturated rings. The Morgan fingerprint density at radius 1 is 1.35 bits per heavy atom. The lowest BCUT2D eigenvalue weighted by Crippen LogP contribution is -2.38. The zero-order valence-electron chi connectivity index (χ0n) is 12.5. The van der Waals surface area contributed by atoms with Crippen molar-refractivity contribution in [3.8, 4) is 0 Å². The predicted molar refractivity (Wildman–Crippen MR) is 84.6 cm³/mol. The molecule has 0 aliphatic carbocycles. The molecule has 1 aliphatic heterocycles. The molecular weight excluding hydrogens is 268 g/mol. The van der Waals surface area contributed by atoms with Crippen LogP contribution in [0.25, 0.3) is 0 Å². The van der Waals surface area contributed by atoms with Crippen LogP contribution >= 0.6 is 11.3 Å². The maximum absolute atomic E-state index is 12.4.